The van der Waals surface area contributed by atoms with Gasteiger partial charge in [-0.15, -0.1) is 0 Å². The van der Waals surface area contributed by atoms with Crippen molar-refractivity contribution in [2.45, 2.75) is 132 Å². The average Bonchev–Trinajstić information content (AvgIpc) is 3.13. The van der Waals surface area contributed by atoms with Gasteiger partial charge in [-0.1, -0.05) is 54.4 Å². The van der Waals surface area contributed by atoms with Crippen LogP contribution < -0.4 is 0 Å². The summed E-state index contributed by atoms with van der Waals surface area (Å²) in [7, 11) is 0. The van der Waals surface area contributed by atoms with Crippen molar-refractivity contribution >= 4 is 11.9 Å². The van der Waals surface area contributed by atoms with Gasteiger partial charge in [0.15, 0.2) is 0 Å². The summed E-state index contributed by atoms with van der Waals surface area (Å²) in [6.07, 6.45) is 11.9. The Hall–Kier alpha value is -1.06. The van der Waals surface area contributed by atoms with Gasteiger partial charge in [0.2, 0.25) is 0 Å². The van der Waals surface area contributed by atoms with Crippen molar-refractivity contribution in [2.24, 2.45) is 58.2 Å². The average molecular weight is 503 g/mol. The monoisotopic (exact) mass is 502 g/mol. The van der Waals surface area contributed by atoms with Crippen LogP contribution in [0.2, 0.25) is 0 Å². The highest BCUT2D eigenvalue weighted by Crippen LogP contribution is 2.69. The molecule has 206 valence electrons. The highest BCUT2D eigenvalue weighted by Gasteiger charge is 2.64. The van der Waals surface area contributed by atoms with E-state index >= 15 is 0 Å². The molecule has 0 spiro atoms. The van der Waals surface area contributed by atoms with Gasteiger partial charge in [0.05, 0.1) is 0 Å². The Morgan fingerprint density at radius 1 is 0.861 bits per heavy atom. The summed E-state index contributed by atoms with van der Waals surface area (Å²) in [5.41, 5.74) is 0.428. The van der Waals surface area contributed by atoms with Gasteiger partial charge >= 0.3 is 11.9 Å². The molecule has 0 radical (unpaired) electrons. The van der Waals surface area contributed by atoms with Crippen LogP contribution in [0.3, 0.4) is 0 Å². The number of ether oxygens (including phenoxy) is 2. The molecule has 4 heteroatoms. The van der Waals surface area contributed by atoms with Crippen LogP contribution in [-0.4, -0.2) is 24.1 Å². The Kier molecular flexibility index (Phi) is 8.23. The van der Waals surface area contributed by atoms with E-state index < -0.39 is 0 Å². The Labute approximate surface area is 221 Å². The van der Waals surface area contributed by atoms with E-state index in [0.717, 1.165) is 55.3 Å². The maximum Gasteiger partial charge on any atom is 0.302 e. The molecule has 0 aromatic carbocycles. The van der Waals surface area contributed by atoms with Crippen LogP contribution >= 0.6 is 0 Å². The first-order valence-electron chi connectivity index (χ1n) is 15.2. The second-order valence-corrected chi connectivity index (χ2v) is 14.4. The second-order valence-electron chi connectivity index (χ2n) is 14.4. The molecule has 4 rings (SSSR count). The topological polar surface area (TPSA) is 52.6 Å². The summed E-state index contributed by atoms with van der Waals surface area (Å²) >= 11 is 0. The molecule has 11 atom stereocenters. The van der Waals surface area contributed by atoms with Crippen LogP contribution in [0.4, 0.5) is 0 Å². The molecule has 4 fully saturated rings. The summed E-state index contributed by atoms with van der Waals surface area (Å²) in [5, 5.41) is 0. The lowest BCUT2D eigenvalue weighted by molar-refractivity contribution is -0.201. The molecule has 0 aromatic heterocycles. The SMILES string of the molecule is CC(=O)O[C@@H]1CC[C@@]2(C)[C@@H](CC[C@H]3[C@@H]2[C@H](OC(C)=O)C[C@]2(C)[C@@H]([C@H](C)CC[C@H](C)C(C)C)CC[C@@H]32)C1. The van der Waals surface area contributed by atoms with Crippen LogP contribution in [0.15, 0.2) is 0 Å². The fourth-order valence-electron chi connectivity index (χ4n) is 10.0. The first-order valence-corrected chi connectivity index (χ1v) is 15.2. The third-order valence-corrected chi connectivity index (χ3v) is 12.1. The highest BCUT2D eigenvalue weighted by atomic mass is 16.5. The third-order valence-electron chi connectivity index (χ3n) is 12.1. The molecule has 0 saturated heterocycles. The van der Waals surface area contributed by atoms with Crippen molar-refractivity contribution in [3.05, 3.63) is 0 Å². The standard InChI is InChI=1S/C32H54O4/c1-19(2)20(3)9-10-21(4)27-13-14-28-26-12-11-24-17-25(35-22(5)33)15-16-31(24,7)30(26)29(36-23(6)34)18-32(27,28)8/h19-21,24-30H,9-18H2,1-8H3/t20-,21+,24-,25+,26+,27+,28-,29+,30+,31-,32+/m0/s1. The molecule has 4 nitrogen and oxygen atoms in total. The summed E-state index contributed by atoms with van der Waals surface area (Å²) in [6.45, 7) is 17.8. The quantitative estimate of drug-likeness (QED) is 0.333. The van der Waals surface area contributed by atoms with Gasteiger partial charge in [-0.2, -0.15) is 0 Å². The lowest BCUT2D eigenvalue weighted by Gasteiger charge is -2.63. The zero-order chi connectivity index (χ0) is 26.4. The number of hydrogen-bond donors (Lipinski definition) is 0. The molecule has 0 aliphatic heterocycles. The lowest BCUT2D eigenvalue weighted by Crippen LogP contribution is -2.60. The minimum atomic E-state index is -0.155. The van der Waals surface area contributed by atoms with Gasteiger partial charge in [0.25, 0.3) is 0 Å². The number of hydrogen-bond acceptors (Lipinski definition) is 4. The number of esters is 2. The first kappa shape index (κ1) is 28.0. The smallest absolute Gasteiger partial charge is 0.302 e. The van der Waals surface area contributed by atoms with Crippen LogP contribution in [0.1, 0.15) is 120 Å². The minimum Gasteiger partial charge on any atom is -0.463 e. The molecule has 36 heavy (non-hydrogen) atoms. The highest BCUT2D eigenvalue weighted by molar-refractivity contribution is 5.66. The molecular formula is C32H54O4. The van der Waals surface area contributed by atoms with Crippen LogP contribution in [-0.2, 0) is 19.1 Å². The Bertz CT molecular complexity index is 806. The summed E-state index contributed by atoms with van der Waals surface area (Å²) < 4.78 is 11.9. The van der Waals surface area contributed by atoms with E-state index in [1.54, 1.807) is 6.92 Å². The van der Waals surface area contributed by atoms with E-state index in [2.05, 4.69) is 41.5 Å². The molecule has 4 saturated carbocycles. The molecular weight excluding hydrogens is 448 g/mol. The Morgan fingerprint density at radius 3 is 2.19 bits per heavy atom. The number of carbonyl (C=O) groups is 2. The predicted octanol–water partition coefficient (Wildman–Crippen LogP) is 7.83. The maximum absolute atomic E-state index is 12.4. The summed E-state index contributed by atoms with van der Waals surface area (Å²) in [6, 6.07) is 0. The van der Waals surface area contributed by atoms with Crippen LogP contribution in [0.5, 0.6) is 0 Å². The fraction of sp³-hybridized carbons (Fsp3) is 0.938. The van der Waals surface area contributed by atoms with E-state index in [4.69, 9.17) is 9.47 Å². The largest absolute Gasteiger partial charge is 0.463 e. The van der Waals surface area contributed by atoms with Gasteiger partial charge in [-0.25, -0.2) is 0 Å². The van der Waals surface area contributed by atoms with Crippen LogP contribution in [0.25, 0.3) is 0 Å². The van der Waals surface area contributed by atoms with Crippen LogP contribution in [0, 0.1) is 58.2 Å². The Morgan fingerprint density at radius 2 is 1.56 bits per heavy atom. The molecule has 0 amide bonds. The van der Waals surface area contributed by atoms with Gasteiger partial charge in [0, 0.05) is 19.8 Å². The van der Waals surface area contributed by atoms with Crippen molar-refractivity contribution < 1.29 is 19.1 Å². The van der Waals surface area contributed by atoms with E-state index in [1.165, 1.54) is 45.4 Å². The molecule has 0 N–H and O–H groups in total. The van der Waals surface area contributed by atoms with E-state index in [1.807, 2.05) is 0 Å². The van der Waals surface area contributed by atoms with Crippen molar-refractivity contribution in [1.29, 1.82) is 0 Å². The maximum atomic E-state index is 12.4. The van der Waals surface area contributed by atoms with Crippen molar-refractivity contribution in [2.75, 3.05) is 0 Å². The molecule has 0 bridgehead atoms. The first-order chi connectivity index (χ1) is 16.9. The van der Waals surface area contributed by atoms with Gasteiger partial charge in [-0.05, 0) is 104 Å². The molecule has 4 aliphatic rings. The van der Waals surface area contributed by atoms with E-state index in [-0.39, 0.29) is 35.0 Å². The fourth-order valence-corrected chi connectivity index (χ4v) is 10.0. The summed E-state index contributed by atoms with van der Waals surface area (Å²) in [4.78, 5) is 24.0. The Balaban J connectivity index is 1.57. The number of rotatable bonds is 7. The van der Waals surface area contributed by atoms with Crippen molar-refractivity contribution in [3.8, 4) is 0 Å². The molecule has 0 aromatic rings. The van der Waals surface area contributed by atoms with Gasteiger partial charge < -0.3 is 9.47 Å². The zero-order valence-corrected chi connectivity index (χ0v) is 24.5. The minimum absolute atomic E-state index is 0.0224. The zero-order valence-electron chi connectivity index (χ0n) is 24.5. The van der Waals surface area contributed by atoms with Crippen molar-refractivity contribution in [1.82, 2.24) is 0 Å². The van der Waals surface area contributed by atoms with Gasteiger partial charge in [-0.3, -0.25) is 9.59 Å². The molecule has 0 unspecified atom stereocenters. The third kappa shape index (κ3) is 5.13. The second kappa shape index (κ2) is 10.6. The normalized spacial score (nSPS) is 43.6. The summed E-state index contributed by atoms with van der Waals surface area (Å²) in [5.74, 6) is 5.08. The van der Waals surface area contributed by atoms with E-state index in [0.29, 0.717) is 17.8 Å². The lowest BCUT2D eigenvalue weighted by atomic mass is 9.43. The predicted molar refractivity (Wildman–Crippen MR) is 144 cm³/mol. The number of fused-ring (bicyclic) bond motifs is 5. The van der Waals surface area contributed by atoms with E-state index in [9.17, 15) is 9.59 Å². The molecule has 0 heterocycles. The van der Waals surface area contributed by atoms with Crippen molar-refractivity contribution in [3.63, 3.8) is 0 Å². The van der Waals surface area contributed by atoms with Gasteiger partial charge in [0.1, 0.15) is 12.2 Å². The number of carbonyl (C=O) groups excluding carboxylic acids is 2. The molecule has 4 aliphatic carbocycles.